The van der Waals surface area contributed by atoms with E-state index >= 15 is 0 Å². The number of rotatable bonds is 5. The molecule has 0 amide bonds. The molecule has 1 fully saturated rings. The van der Waals surface area contributed by atoms with Gasteiger partial charge in [0.2, 0.25) is 10.0 Å². The first-order chi connectivity index (χ1) is 7.92. The van der Waals surface area contributed by atoms with Crippen molar-refractivity contribution in [3.05, 3.63) is 18.2 Å². The van der Waals surface area contributed by atoms with Crippen molar-refractivity contribution in [1.29, 1.82) is 0 Å². The number of sulfonamides is 1. The fourth-order valence-corrected chi connectivity index (χ4v) is 3.19. The molecule has 0 aliphatic heterocycles. The van der Waals surface area contributed by atoms with Gasteiger partial charge in [-0.1, -0.05) is 0 Å². The van der Waals surface area contributed by atoms with Crippen molar-refractivity contribution in [3.63, 3.8) is 0 Å². The van der Waals surface area contributed by atoms with Crippen molar-refractivity contribution in [2.75, 3.05) is 0 Å². The zero-order valence-corrected chi connectivity index (χ0v) is 11.2. The van der Waals surface area contributed by atoms with E-state index in [1.807, 2.05) is 24.6 Å². The van der Waals surface area contributed by atoms with Crippen LogP contribution in [0.2, 0.25) is 0 Å². The van der Waals surface area contributed by atoms with Crippen LogP contribution in [0.25, 0.3) is 0 Å². The molecular weight excluding hydrogens is 238 g/mol. The second kappa shape index (κ2) is 4.42. The summed E-state index contributed by atoms with van der Waals surface area (Å²) in [6.07, 6.45) is 5.78. The van der Waals surface area contributed by atoms with Crippen LogP contribution in [0.15, 0.2) is 12.4 Å². The highest BCUT2D eigenvalue weighted by atomic mass is 32.2. The van der Waals surface area contributed by atoms with Gasteiger partial charge < -0.3 is 4.57 Å². The van der Waals surface area contributed by atoms with E-state index in [9.17, 15) is 8.42 Å². The van der Waals surface area contributed by atoms with Gasteiger partial charge in [-0.25, -0.2) is 18.1 Å². The molecule has 1 unspecified atom stereocenters. The molecule has 1 aliphatic carbocycles. The van der Waals surface area contributed by atoms with Gasteiger partial charge in [0.05, 0.1) is 0 Å². The molecule has 0 bridgehead atoms. The molecule has 0 spiro atoms. The van der Waals surface area contributed by atoms with Crippen molar-refractivity contribution < 1.29 is 8.42 Å². The molecule has 0 saturated heterocycles. The monoisotopic (exact) mass is 257 g/mol. The second-order valence-electron chi connectivity index (χ2n) is 4.88. The normalized spacial score (nSPS) is 18.6. The smallest absolute Gasteiger partial charge is 0.221 e. The van der Waals surface area contributed by atoms with Gasteiger partial charge in [0.15, 0.2) is 0 Å². The zero-order valence-electron chi connectivity index (χ0n) is 10.4. The van der Waals surface area contributed by atoms with E-state index in [2.05, 4.69) is 9.71 Å². The van der Waals surface area contributed by atoms with Crippen molar-refractivity contribution >= 4 is 10.0 Å². The highest BCUT2D eigenvalue weighted by molar-refractivity contribution is 7.89. The fraction of sp³-hybridized carbons (Fsp3) is 0.727. The molecule has 1 aliphatic rings. The van der Waals surface area contributed by atoms with Crippen molar-refractivity contribution in [2.24, 2.45) is 0 Å². The van der Waals surface area contributed by atoms with E-state index in [1.54, 1.807) is 13.1 Å². The van der Waals surface area contributed by atoms with Crippen LogP contribution in [0.3, 0.4) is 0 Å². The van der Waals surface area contributed by atoms with Gasteiger partial charge in [0, 0.05) is 24.5 Å². The van der Waals surface area contributed by atoms with Gasteiger partial charge in [-0.2, -0.15) is 0 Å². The van der Waals surface area contributed by atoms with Crippen LogP contribution in [0.5, 0.6) is 0 Å². The van der Waals surface area contributed by atoms with Crippen LogP contribution in [-0.4, -0.2) is 24.0 Å². The number of aromatic nitrogens is 2. The molecular formula is C11H19N3O2S. The minimum Gasteiger partial charge on any atom is -0.331 e. The lowest BCUT2D eigenvalue weighted by atomic mass is 10.4. The third kappa shape index (κ3) is 2.69. The van der Waals surface area contributed by atoms with Gasteiger partial charge >= 0.3 is 0 Å². The number of nitrogens with one attached hydrogen (secondary N) is 1. The summed E-state index contributed by atoms with van der Waals surface area (Å²) in [5.41, 5.74) is 0. The summed E-state index contributed by atoms with van der Waals surface area (Å²) in [7, 11) is -3.34. The Kier molecular flexibility index (Phi) is 3.27. The summed E-state index contributed by atoms with van der Waals surface area (Å²) in [6, 6.07) is 0.357. The molecule has 1 atom stereocenters. The first-order valence-electron chi connectivity index (χ1n) is 5.95. The Hall–Kier alpha value is -0.880. The molecule has 17 heavy (non-hydrogen) atoms. The third-order valence-electron chi connectivity index (χ3n) is 2.87. The van der Waals surface area contributed by atoms with E-state index in [0.717, 1.165) is 12.8 Å². The summed E-state index contributed by atoms with van der Waals surface area (Å²) in [4.78, 5) is 4.19. The number of nitrogens with zero attached hydrogens (tertiary/aromatic N) is 2. The lowest BCUT2D eigenvalue weighted by Crippen LogP contribution is -2.34. The Morgan fingerprint density at radius 2 is 2.06 bits per heavy atom. The fourth-order valence-electron chi connectivity index (χ4n) is 1.87. The summed E-state index contributed by atoms with van der Waals surface area (Å²) in [5, 5.41) is -0.611. The van der Waals surface area contributed by atoms with Crippen LogP contribution in [0.4, 0.5) is 0 Å². The molecule has 1 saturated carbocycles. The average Bonchev–Trinajstić information content (AvgIpc) is 2.93. The van der Waals surface area contributed by atoms with Crippen LogP contribution in [0.1, 0.15) is 50.7 Å². The van der Waals surface area contributed by atoms with Crippen LogP contribution < -0.4 is 4.72 Å². The maximum atomic E-state index is 12.1. The second-order valence-corrected chi connectivity index (χ2v) is 6.92. The molecule has 6 heteroatoms. The number of imidazole rings is 1. The summed E-state index contributed by atoms with van der Waals surface area (Å²) in [5.74, 6) is 0.639. The van der Waals surface area contributed by atoms with E-state index in [1.165, 1.54) is 0 Å². The Labute approximate surface area is 102 Å². The van der Waals surface area contributed by atoms with Gasteiger partial charge in [0.1, 0.15) is 11.1 Å². The maximum Gasteiger partial charge on any atom is 0.221 e. The van der Waals surface area contributed by atoms with E-state index in [-0.39, 0.29) is 6.04 Å². The highest BCUT2D eigenvalue weighted by Gasteiger charge is 2.32. The third-order valence-corrected chi connectivity index (χ3v) is 4.81. The minimum absolute atomic E-state index is 0.0909. The lowest BCUT2D eigenvalue weighted by Gasteiger charge is -2.17. The minimum atomic E-state index is -3.34. The van der Waals surface area contributed by atoms with Gasteiger partial charge in [0.25, 0.3) is 0 Å². The molecule has 1 N–H and O–H groups in total. The van der Waals surface area contributed by atoms with E-state index in [4.69, 9.17) is 0 Å². The van der Waals surface area contributed by atoms with Crippen LogP contribution in [0, 0.1) is 0 Å². The average molecular weight is 257 g/mol. The largest absolute Gasteiger partial charge is 0.331 e. The van der Waals surface area contributed by atoms with E-state index in [0.29, 0.717) is 11.9 Å². The highest BCUT2D eigenvalue weighted by Crippen LogP contribution is 2.37. The molecule has 5 nitrogen and oxygen atoms in total. The zero-order chi connectivity index (χ0) is 12.6. The molecule has 96 valence electrons. The summed E-state index contributed by atoms with van der Waals surface area (Å²) in [6.45, 7) is 5.32. The Balaban J connectivity index is 2.24. The maximum absolute atomic E-state index is 12.1. The first-order valence-corrected chi connectivity index (χ1v) is 7.50. The summed E-state index contributed by atoms with van der Waals surface area (Å²) < 4.78 is 28.7. The number of hydrogen-bond acceptors (Lipinski definition) is 3. The molecule has 0 radical (unpaired) electrons. The predicted octanol–water partition coefficient (Wildman–Crippen LogP) is 1.61. The molecule has 1 aromatic heterocycles. The van der Waals surface area contributed by atoms with Crippen molar-refractivity contribution in [3.8, 4) is 0 Å². The van der Waals surface area contributed by atoms with Gasteiger partial charge in [-0.15, -0.1) is 0 Å². The quantitative estimate of drug-likeness (QED) is 0.871. The lowest BCUT2D eigenvalue weighted by molar-refractivity contribution is 0.551. The Bertz CT molecular complexity index is 489. The first kappa shape index (κ1) is 12.6. The summed E-state index contributed by atoms with van der Waals surface area (Å²) >= 11 is 0. The van der Waals surface area contributed by atoms with Crippen LogP contribution in [-0.2, 0) is 10.0 Å². The predicted molar refractivity (Wildman–Crippen MR) is 66.1 cm³/mol. The topological polar surface area (TPSA) is 64.0 Å². The van der Waals surface area contributed by atoms with Crippen LogP contribution >= 0.6 is 0 Å². The SMILES string of the molecule is CC(C)NS(=O)(=O)C(C)c1nccn1C1CC1. The molecule has 0 aromatic carbocycles. The van der Waals surface area contributed by atoms with E-state index < -0.39 is 15.3 Å². The van der Waals surface area contributed by atoms with Crippen molar-refractivity contribution in [1.82, 2.24) is 14.3 Å². The van der Waals surface area contributed by atoms with Gasteiger partial charge in [-0.3, -0.25) is 0 Å². The molecule has 1 heterocycles. The van der Waals surface area contributed by atoms with Crippen molar-refractivity contribution in [2.45, 2.75) is 50.9 Å². The number of hydrogen-bond donors (Lipinski definition) is 1. The Morgan fingerprint density at radius 1 is 1.41 bits per heavy atom. The van der Waals surface area contributed by atoms with Gasteiger partial charge in [-0.05, 0) is 33.6 Å². The molecule has 2 rings (SSSR count). The standard InChI is InChI=1S/C11H19N3O2S/c1-8(2)13-17(15,16)9(3)11-12-6-7-14(11)10-4-5-10/h6-10,13H,4-5H2,1-3H3. The molecule has 1 aromatic rings. The Morgan fingerprint density at radius 3 is 2.59 bits per heavy atom.